The zero-order chi connectivity index (χ0) is 12.0. The average molecular weight is 326 g/mol. The van der Waals surface area contributed by atoms with Gasteiger partial charge in [0.05, 0.1) is 0 Å². The second kappa shape index (κ2) is 6.28. The molecule has 0 saturated heterocycles. The zero-order valence-corrected chi connectivity index (χ0v) is 10.8. The molecule has 16 heavy (non-hydrogen) atoms. The van der Waals surface area contributed by atoms with Crippen LogP contribution in [0, 0.1) is 15.0 Å². The van der Waals surface area contributed by atoms with Crippen molar-refractivity contribution < 1.29 is 4.79 Å². The van der Waals surface area contributed by atoms with Crippen LogP contribution in [0.2, 0.25) is 0 Å². The summed E-state index contributed by atoms with van der Waals surface area (Å²) in [5.41, 5.74) is 0.533. The van der Waals surface area contributed by atoms with Crippen LogP contribution in [0.1, 0.15) is 16.8 Å². The number of benzene rings is 1. The number of hydrogen-bond acceptors (Lipinski definition) is 2. The molecule has 1 aromatic carbocycles. The van der Waals surface area contributed by atoms with Gasteiger partial charge < -0.3 is 0 Å². The normalized spacial score (nSPS) is 9.25. The van der Waals surface area contributed by atoms with E-state index < -0.39 is 0 Å². The smallest absolute Gasteiger partial charge is 0.266 e. The SMILES string of the molecule is C=CCCN(C#N)C(=O)c1ccc(I)cc1. The van der Waals surface area contributed by atoms with Gasteiger partial charge in [0.1, 0.15) is 0 Å². The summed E-state index contributed by atoms with van der Waals surface area (Å²) in [6.45, 7) is 3.94. The fourth-order valence-corrected chi connectivity index (χ4v) is 1.53. The lowest BCUT2D eigenvalue weighted by Crippen LogP contribution is -2.26. The predicted molar refractivity (Wildman–Crippen MR) is 70.6 cm³/mol. The number of nitrogens with zero attached hydrogens (tertiary/aromatic N) is 2. The summed E-state index contributed by atoms with van der Waals surface area (Å²) in [5.74, 6) is -0.263. The first-order valence-electron chi connectivity index (χ1n) is 4.77. The van der Waals surface area contributed by atoms with Gasteiger partial charge in [-0.05, 0) is 53.3 Å². The van der Waals surface area contributed by atoms with Gasteiger partial charge in [-0.3, -0.25) is 4.79 Å². The maximum atomic E-state index is 11.9. The molecule has 4 heteroatoms. The van der Waals surface area contributed by atoms with Crippen molar-refractivity contribution in [2.24, 2.45) is 0 Å². The molecule has 1 amide bonds. The molecule has 0 aliphatic rings. The van der Waals surface area contributed by atoms with Crippen molar-refractivity contribution in [3.8, 4) is 6.19 Å². The fraction of sp³-hybridized carbons (Fsp3) is 0.167. The van der Waals surface area contributed by atoms with Gasteiger partial charge in [-0.1, -0.05) is 6.08 Å². The highest BCUT2D eigenvalue weighted by Crippen LogP contribution is 2.09. The molecule has 3 nitrogen and oxygen atoms in total. The first-order valence-corrected chi connectivity index (χ1v) is 5.85. The van der Waals surface area contributed by atoms with E-state index in [4.69, 9.17) is 5.26 Å². The molecule has 0 aliphatic heterocycles. The molecular weight excluding hydrogens is 315 g/mol. The van der Waals surface area contributed by atoms with Gasteiger partial charge in [0.25, 0.3) is 5.91 Å². The van der Waals surface area contributed by atoms with Crippen LogP contribution in [-0.4, -0.2) is 17.4 Å². The molecule has 0 bridgehead atoms. The molecule has 0 aromatic heterocycles. The summed E-state index contributed by atoms with van der Waals surface area (Å²) in [7, 11) is 0. The van der Waals surface area contributed by atoms with Crippen LogP contribution in [0.15, 0.2) is 36.9 Å². The van der Waals surface area contributed by atoms with Gasteiger partial charge >= 0.3 is 0 Å². The summed E-state index contributed by atoms with van der Waals surface area (Å²) in [5, 5.41) is 8.86. The predicted octanol–water partition coefficient (Wildman–Crippen LogP) is 2.79. The lowest BCUT2D eigenvalue weighted by Gasteiger charge is -2.12. The van der Waals surface area contributed by atoms with E-state index in [0.717, 1.165) is 8.47 Å². The molecule has 0 spiro atoms. The van der Waals surface area contributed by atoms with Crippen molar-refractivity contribution in [1.29, 1.82) is 5.26 Å². The van der Waals surface area contributed by atoms with E-state index in [1.165, 1.54) is 0 Å². The van der Waals surface area contributed by atoms with E-state index in [1.807, 2.05) is 18.3 Å². The summed E-state index contributed by atoms with van der Waals surface area (Å²) in [6.07, 6.45) is 4.18. The third-order valence-electron chi connectivity index (χ3n) is 2.01. The summed E-state index contributed by atoms with van der Waals surface area (Å²) < 4.78 is 1.06. The number of hydrogen-bond donors (Lipinski definition) is 0. The lowest BCUT2D eigenvalue weighted by molar-refractivity contribution is 0.0834. The summed E-state index contributed by atoms with van der Waals surface area (Å²) >= 11 is 2.17. The molecule has 0 N–H and O–H groups in total. The fourth-order valence-electron chi connectivity index (χ4n) is 1.17. The van der Waals surface area contributed by atoms with Crippen molar-refractivity contribution >= 4 is 28.5 Å². The quantitative estimate of drug-likeness (QED) is 0.370. The highest BCUT2D eigenvalue weighted by Gasteiger charge is 2.13. The summed E-state index contributed by atoms with van der Waals surface area (Å²) in [4.78, 5) is 13.0. The molecule has 82 valence electrons. The number of halogens is 1. The van der Waals surface area contributed by atoms with E-state index in [9.17, 15) is 4.79 Å². The molecule has 0 aliphatic carbocycles. The minimum atomic E-state index is -0.263. The van der Waals surface area contributed by atoms with Crippen LogP contribution in [-0.2, 0) is 0 Å². The van der Waals surface area contributed by atoms with E-state index in [2.05, 4.69) is 29.2 Å². The Hall–Kier alpha value is -1.35. The van der Waals surface area contributed by atoms with Crippen LogP contribution in [0.4, 0.5) is 0 Å². The van der Waals surface area contributed by atoms with Crippen LogP contribution in [0.5, 0.6) is 0 Å². The van der Waals surface area contributed by atoms with Crippen molar-refractivity contribution in [1.82, 2.24) is 4.90 Å². The minimum absolute atomic E-state index is 0.263. The first-order chi connectivity index (χ1) is 7.69. The van der Waals surface area contributed by atoms with Crippen molar-refractivity contribution in [3.63, 3.8) is 0 Å². The van der Waals surface area contributed by atoms with E-state index >= 15 is 0 Å². The van der Waals surface area contributed by atoms with Crippen molar-refractivity contribution in [3.05, 3.63) is 46.1 Å². The van der Waals surface area contributed by atoms with Crippen molar-refractivity contribution in [2.45, 2.75) is 6.42 Å². The zero-order valence-electron chi connectivity index (χ0n) is 8.69. The van der Waals surface area contributed by atoms with Crippen LogP contribution in [0.25, 0.3) is 0 Å². The molecule has 1 aromatic rings. The lowest BCUT2D eigenvalue weighted by atomic mass is 10.2. The van der Waals surface area contributed by atoms with Crippen LogP contribution in [0.3, 0.4) is 0 Å². The molecule has 0 radical (unpaired) electrons. The Kier molecular flexibility index (Phi) is 4.99. The van der Waals surface area contributed by atoms with Crippen LogP contribution < -0.4 is 0 Å². The largest absolute Gasteiger partial charge is 0.268 e. The van der Waals surface area contributed by atoms with Crippen LogP contribution >= 0.6 is 22.6 Å². The Morgan fingerprint density at radius 1 is 1.50 bits per heavy atom. The van der Waals surface area contributed by atoms with Gasteiger partial charge in [0.15, 0.2) is 6.19 Å². The first kappa shape index (κ1) is 12.7. The number of carbonyl (C=O) groups is 1. The second-order valence-electron chi connectivity index (χ2n) is 3.14. The topological polar surface area (TPSA) is 44.1 Å². The molecule has 0 atom stereocenters. The number of amides is 1. The molecule has 0 fully saturated rings. The van der Waals surface area contributed by atoms with E-state index in [0.29, 0.717) is 18.5 Å². The van der Waals surface area contributed by atoms with Gasteiger partial charge in [0, 0.05) is 15.7 Å². The Bertz CT molecular complexity index is 420. The Morgan fingerprint density at radius 3 is 2.62 bits per heavy atom. The standard InChI is InChI=1S/C12H11IN2O/c1-2-3-8-15(9-14)12(16)10-4-6-11(13)7-5-10/h2,4-7H,1,3,8H2. The van der Waals surface area contributed by atoms with Gasteiger partial charge in [-0.25, -0.2) is 4.90 Å². The average Bonchev–Trinajstić information content (AvgIpc) is 2.30. The Labute approximate surface area is 109 Å². The van der Waals surface area contributed by atoms with Crippen molar-refractivity contribution in [2.75, 3.05) is 6.54 Å². The summed E-state index contributed by atoms with van der Waals surface area (Å²) in [6, 6.07) is 7.14. The molecule has 0 saturated carbocycles. The maximum Gasteiger partial charge on any atom is 0.266 e. The number of rotatable bonds is 4. The van der Waals surface area contributed by atoms with Gasteiger partial charge in [-0.2, -0.15) is 5.26 Å². The van der Waals surface area contributed by atoms with E-state index in [1.54, 1.807) is 18.2 Å². The molecule has 0 heterocycles. The molecule has 0 unspecified atom stereocenters. The second-order valence-corrected chi connectivity index (χ2v) is 4.39. The monoisotopic (exact) mass is 326 g/mol. The molecular formula is C12H11IN2O. The van der Waals surface area contributed by atoms with E-state index in [-0.39, 0.29) is 5.91 Å². The number of nitriles is 1. The Balaban J connectivity index is 2.79. The van der Waals surface area contributed by atoms with Gasteiger partial charge in [-0.15, -0.1) is 6.58 Å². The number of carbonyl (C=O) groups excluding carboxylic acids is 1. The highest BCUT2D eigenvalue weighted by atomic mass is 127. The maximum absolute atomic E-state index is 11.9. The Morgan fingerprint density at radius 2 is 2.12 bits per heavy atom. The molecule has 1 rings (SSSR count). The third kappa shape index (κ3) is 3.35. The highest BCUT2D eigenvalue weighted by molar-refractivity contribution is 14.1. The third-order valence-corrected chi connectivity index (χ3v) is 2.73. The minimum Gasteiger partial charge on any atom is -0.268 e. The van der Waals surface area contributed by atoms with Gasteiger partial charge in [0.2, 0.25) is 0 Å².